The number of rotatable bonds is 8. The molecule has 0 aromatic carbocycles. The van der Waals surface area contributed by atoms with Crippen LogP contribution >= 0.6 is 0 Å². The molecule has 7 heteroatoms. The lowest BCUT2D eigenvalue weighted by molar-refractivity contribution is 0.203. The molecule has 0 fully saturated rings. The molecule has 0 aliphatic heterocycles. The summed E-state index contributed by atoms with van der Waals surface area (Å²) in [5.74, 6) is -0.320. The molecule has 0 aliphatic rings. The van der Waals surface area contributed by atoms with E-state index in [0.717, 1.165) is 0 Å². The Labute approximate surface area is 97.4 Å². The zero-order valence-corrected chi connectivity index (χ0v) is 10.7. The standard InChI is InChI=1S/C9H19N3O3S/c1-4-12(8-9(2)7-10)16(13,14)11-5-6-15-3/h9,11H,4-6,8H2,1-3H3. The van der Waals surface area contributed by atoms with Crippen molar-refractivity contribution < 1.29 is 13.2 Å². The van der Waals surface area contributed by atoms with E-state index in [1.807, 2.05) is 6.07 Å². The first-order valence-corrected chi connectivity index (χ1v) is 6.55. The third-order valence-corrected chi connectivity index (χ3v) is 3.64. The van der Waals surface area contributed by atoms with Gasteiger partial charge in [0.1, 0.15) is 0 Å². The largest absolute Gasteiger partial charge is 0.383 e. The maximum absolute atomic E-state index is 11.7. The molecule has 16 heavy (non-hydrogen) atoms. The SMILES string of the molecule is CCN(CC(C)C#N)S(=O)(=O)NCCOC. The summed E-state index contributed by atoms with van der Waals surface area (Å²) >= 11 is 0. The van der Waals surface area contributed by atoms with Crippen LogP contribution in [0.1, 0.15) is 13.8 Å². The first kappa shape index (κ1) is 15.3. The minimum absolute atomic E-state index is 0.204. The van der Waals surface area contributed by atoms with E-state index in [-0.39, 0.29) is 19.0 Å². The van der Waals surface area contributed by atoms with Crippen LogP contribution in [-0.2, 0) is 14.9 Å². The quantitative estimate of drug-likeness (QED) is 0.611. The second-order valence-electron chi connectivity index (χ2n) is 3.37. The van der Waals surface area contributed by atoms with Crippen LogP contribution in [0.3, 0.4) is 0 Å². The van der Waals surface area contributed by atoms with Crippen molar-refractivity contribution in [2.45, 2.75) is 13.8 Å². The van der Waals surface area contributed by atoms with Gasteiger partial charge in [-0.2, -0.15) is 22.7 Å². The van der Waals surface area contributed by atoms with Crippen LogP contribution in [0.15, 0.2) is 0 Å². The van der Waals surface area contributed by atoms with Gasteiger partial charge in [0.25, 0.3) is 10.2 Å². The number of methoxy groups -OCH3 is 1. The third-order valence-electron chi connectivity index (χ3n) is 1.98. The van der Waals surface area contributed by atoms with Crippen molar-refractivity contribution in [3.05, 3.63) is 0 Å². The lowest BCUT2D eigenvalue weighted by atomic mass is 10.2. The highest BCUT2D eigenvalue weighted by atomic mass is 32.2. The molecule has 0 bridgehead atoms. The number of hydrogen-bond donors (Lipinski definition) is 1. The average Bonchev–Trinajstić information content (AvgIpc) is 2.25. The summed E-state index contributed by atoms with van der Waals surface area (Å²) in [5, 5.41) is 8.65. The molecule has 0 saturated heterocycles. The topological polar surface area (TPSA) is 82.4 Å². The van der Waals surface area contributed by atoms with Gasteiger partial charge in [0.2, 0.25) is 0 Å². The van der Waals surface area contributed by atoms with E-state index in [1.54, 1.807) is 13.8 Å². The fourth-order valence-corrected chi connectivity index (χ4v) is 2.39. The lowest BCUT2D eigenvalue weighted by Crippen LogP contribution is -2.43. The van der Waals surface area contributed by atoms with Crippen LogP contribution in [0.2, 0.25) is 0 Å². The number of ether oxygens (including phenoxy) is 1. The molecule has 0 aliphatic carbocycles. The van der Waals surface area contributed by atoms with E-state index in [9.17, 15) is 8.42 Å². The van der Waals surface area contributed by atoms with E-state index < -0.39 is 10.2 Å². The molecule has 0 saturated carbocycles. The van der Waals surface area contributed by atoms with E-state index >= 15 is 0 Å². The molecule has 0 heterocycles. The van der Waals surface area contributed by atoms with Crippen molar-refractivity contribution in [3.8, 4) is 6.07 Å². The maximum Gasteiger partial charge on any atom is 0.279 e. The molecule has 0 aromatic heterocycles. The van der Waals surface area contributed by atoms with Gasteiger partial charge in [-0.1, -0.05) is 6.92 Å². The van der Waals surface area contributed by atoms with Gasteiger partial charge in [-0.3, -0.25) is 0 Å². The van der Waals surface area contributed by atoms with Crippen molar-refractivity contribution in [1.82, 2.24) is 9.03 Å². The van der Waals surface area contributed by atoms with E-state index in [2.05, 4.69) is 4.72 Å². The number of hydrogen-bond acceptors (Lipinski definition) is 4. The minimum Gasteiger partial charge on any atom is -0.383 e. The predicted octanol–water partition coefficient (Wildman–Crippen LogP) is -0.0512. The van der Waals surface area contributed by atoms with Crippen LogP contribution in [-0.4, -0.2) is 46.1 Å². The summed E-state index contributed by atoms with van der Waals surface area (Å²) in [7, 11) is -1.99. The van der Waals surface area contributed by atoms with Gasteiger partial charge in [-0.25, -0.2) is 0 Å². The second-order valence-corrected chi connectivity index (χ2v) is 5.13. The van der Waals surface area contributed by atoms with Gasteiger partial charge in [-0.05, 0) is 6.92 Å². The molecule has 0 spiro atoms. The highest BCUT2D eigenvalue weighted by Crippen LogP contribution is 2.03. The lowest BCUT2D eigenvalue weighted by Gasteiger charge is -2.21. The normalized spacial score (nSPS) is 13.7. The summed E-state index contributed by atoms with van der Waals surface area (Å²) in [6.45, 7) is 4.53. The minimum atomic E-state index is -3.50. The van der Waals surface area contributed by atoms with E-state index in [0.29, 0.717) is 13.2 Å². The summed E-state index contributed by atoms with van der Waals surface area (Å²) in [6.07, 6.45) is 0. The van der Waals surface area contributed by atoms with Gasteiger partial charge in [0.05, 0.1) is 18.6 Å². The Balaban J connectivity index is 4.38. The number of nitriles is 1. The highest BCUT2D eigenvalue weighted by Gasteiger charge is 2.21. The molecular weight excluding hydrogens is 230 g/mol. The third kappa shape index (κ3) is 5.42. The second kappa shape index (κ2) is 7.57. The van der Waals surface area contributed by atoms with Gasteiger partial charge in [0.15, 0.2) is 0 Å². The van der Waals surface area contributed by atoms with Crippen LogP contribution in [0, 0.1) is 17.2 Å². The van der Waals surface area contributed by atoms with Crippen LogP contribution in [0.25, 0.3) is 0 Å². The summed E-state index contributed by atoms with van der Waals surface area (Å²) in [5.41, 5.74) is 0. The van der Waals surface area contributed by atoms with Gasteiger partial charge in [0, 0.05) is 26.7 Å². The Morgan fingerprint density at radius 2 is 2.19 bits per heavy atom. The fraction of sp³-hybridized carbons (Fsp3) is 0.889. The van der Waals surface area contributed by atoms with Crippen LogP contribution in [0.5, 0.6) is 0 Å². The first-order chi connectivity index (χ1) is 7.47. The molecule has 1 unspecified atom stereocenters. The maximum atomic E-state index is 11.7. The summed E-state index contributed by atoms with van der Waals surface area (Å²) in [4.78, 5) is 0. The highest BCUT2D eigenvalue weighted by molar-refractivity contribution is 7.87. The Morgan fingerprint density at radius 3 is 2.62 bits per heavy atom. The fourth-order valence-electron chi connectivity index (χ4n) is 1.11. The summed E-state index contributed by atoms with van der Waals surface area (Å²) < 4.78 is 31.9. The van der Waals surface area contributed by atoms with Crippen molar-refractivity contribution >= 4 is 10.2 Å². The Kier molecular flexibility index (Phi) is 7.25. The molecule has 0 amide bonds. The van der Waals surface area contributed by atoms with Gasteiger partial charge in [-0.15, -0.1) is 0 Å². The molecule has 6 nitrogen and oxygen atoms in total. The number of nitrogens with one attached hydrogen (secondary N) is 1. The van der Waals surface area contributed by atoms with E-state index in [1.165, 1.54) is 11.4 Å². The van der Waals surface area contributed by atoms with Gasteiger partial charge < -0.3 is 4.74 Å². The average molecular weight is 249 g/mol. The van der Waals surface area contributed by atoms with Crippen molar-refractivity contribution in [2.24, 2.45) is 5.92 Å². The molecule has 1 N–H and O–H groups in total. The van der Waals surface area contributed by atoms with E-state index in [4.69, 9.17) is 10.00 Å². The Hall–Kier alpha value is -0.680. The number of nitrogens with zero attached hydrogens (tertiary/aromatic N) is 2. The monoisotopic (exact) mass is 249 g/mol. The Bertz CT molecular complexity index is 323. The molecule has 0 aromatic rings. The van der Waals surface area contributed by atoms with Gasteiger partial charge >= 0.3 is 0 Å². The molecule has 1 atom stereocenters. The van der Waals surface area contributed by atoms with Crippen LogP contribution in [0.4, 0.5) is 0 Å². The van der Waals surface area contributed by atoms with Crippen molar-refractivity contribution in [1.29, 1.82) is 5.26 Å². The summed E-state index contributed by atoms with van der Waals surface area (Å²) in [6, 6.07) is 2.01. The molecular formula is C9H19N3O3S. The van der Waals surface area contributed by atoms with Crippen LogP contribution < -0.4 is 4.72 Å². The molecule has 0 radical (unpaired) electrons. The van der Waals surface area contributed by atoms with Crippen molar-refractivity contribution in [2.75, 3.05) is 33.4 Å². The molecule has 94 valence electrons. The zero-order valence-electron chi connectivity index (χ0n) is 9.93. The predicted molar refractivity (Wildman–Crippen MR) is 60.8 cm³/mol. The smallest absolute Gasteiger partial charge is 0.279 e. The Morgan fingerprint density at radius 1 is 1.56 bits per heavy atom. The first-order valence-electron chi connectivity index (χ1n) is 5.11. The van der Waals surface area contributed by atoms with Crippen molar-refractivity contribution in [3.63, 3.8) is 0 Å². The zero-order chi connectivity index (χ0) is 12.6. The molecule has 0 rings (SSSR count).